The van der Waals surface area contributed by atoms with E-state index in [1.807, 2.05) is 24.3 Å². The molecule has 1 aromatic carbocycles. The highest BCUT2D eigenvalue weighted by Gasteiger charge is 2.00. The van der Waals surface area contributed by atoms with Crippen molar-refractivity contribution in [3.63, 3.8) is 0 Å². The molecule has 1 rings (SSSR count). The van der Waals surface area contributed by atoms with Crippen molar-refractivity contribution in [2.24, 2.45) is 0 Å². The molecule has 0 spiro atoms. The average Bonchev–Trinajstić information content (AvgIpc) is 2.15. The van der Waals surface area contributed by atoms with E-state index in [0.29, 0.717) is 0 Å². The summed E-state index contributed by atoms with van der Waals surface area (Å²) in [6, 6.07) is 7.37. The number of nitrogens with one attached hydrogen (secondary N) is 3. The van der Waals surface area contributed by atoms with Gasteiger partial charge in [-0.1, -0.05) is 12.1 Å². The van der Waals surface area contributed by atoms with Gasteiger partial charge in [0.25, 0.3) is 0 Å². The summed E-state index contributed by atoms with van der Waals surface area (Å²) in [6.07, 6.45) is 0. The van der Waals surface area contributed by atoms with Crippen molar-refractivity contribution in [1.82, 2.24) is 10.9 Å². The number of hydrogen-bond donors (Lipinski definition) is 3. The van der Waals surface area contributed by atoms with E-state index in [-0.39, 0.29) is 12.5 Å². The fourth-order valence-electron chi connectivity index (χ4n) is 1.02. The molecule has 1 aromatic rings. The van der Waals surface area contributed by atoms with Crippen molar-refractivity contribution >= 4 is 11.6 Å². The molecule has 0 fully saturated rings. The highest BCUT2D eigenvalue weighted by molar-refractivity contribution is 5.92. The highest BCUT2D eigenvalue weighted by Crippen LogP contribution is 2.08. The van der Waals surface area contributed by atoms with Gasteiger partial charge in [-0.15, -0.1) is 0 Å². The molecule has 0 aliphatic carbocycles. The van der Waals surface area contributed by atoms with Crippen molar-refractivity contribution in [2.45, 2.75) is 0 Å². The van der Waals surface area contributed by atoms with E-state index in [9.17, 15) is 4.79 Å². The van der Waals surface area contributed by atoms with Crippen molar-refractivity contribution in [2.75, 3.05) is 18.9 Å². The number of anilines is 1. The second-order valence-corrected chi connectivity index (χ2v) is 2.85. The maximum absolute atomic E-state index is 11.2. The van der Waals surface area contributed by atoms with Gasteiger partial charge in [0.1, 0.15) is 0 Å². The molecule has 1 radical (unpaired) electrons. The van der Waals surface area contributed by atoms with E-state index in [4.69, 9.17) is 0 Å². The Morgan fingerprint density at radius 3 is 2.93 bits per heavy atom. The highest BCUT2D eigenvalue weighted by atomic mass is 16.2. The minimum absolute atomic E-state index is 0.0926. The quantitative estimate of drug-likeness (QED) is 0.610. The largest absolute Gasteiger partial charge is 0.325 e. The van der Waals surface area contributed by atoms with Gasteiger partial charge in [-0.05, 0) is 31.7 Å². The summed E-state index contributed by atoms with van der Waals surface area (Å²) in [4.78, 5) is 11.2. The lowest BCUT2D eigenvalue weighted by Gasteiger charge is -2.06. The predicted molar refractivity (Wildman–Crippen MR) is 56.6 cm³/mol. The molecule has 0 saturated carbocycles. The molecule has 3 N–H and O–H groups in total. The summed E-state index contributed by atoms with van der Waals surface area (Å²) in [6.45, 7) is 4.01. The minimum atomic E-state index is -0.0926. The predicted octanol–water partition coefficient (Wildman–Crippen LogP) is 0.531. The fraction of sp³-hybridized carbons (Fsp3) is 0.200. The van der Waals surface area contributed by atoms with Crippen LogP contribution in [0.4, 0.5) is 5.69 Å². The fourth-order valence-corrected chi connectivity index (χ4v) is 1.02. The Bertz CT molecular complexity index is 312. The van der Waals surface area contributed by atoms with Crippen LogP contribution in [0.2, 0.25) is 0 Å². The third-order valence-corrected chi connectivity index (χ3v) is 1.64. The second kappa shape index (κ2) is 5.36. The van der Waals surface area contributed by atoms with E-state index < -0.39 is 0 Å². The number of carbonyl (C=O) groups excluding carboxylic acids is 1. The summed E-state index contributed by atoms with van der Waals surface area (Å²) in [7, 11) is 1.71. The van der Waals surface area contributed by atoms with Gasteiger partial charge in [-0.3, -0.25) is 10.2 Å². The summed E-state index contributed by atoms with van der Waals surface area (Å²) in [5.41, 5.74) is 7.02. The third-order valence-electron chi connectivity index (χ3n) is 1.64. The topological polar surface area (TPSA) is 53.2 Å². The zero-order chi connectivity index (χ0) is 10.4. The van der Waals surface area contributed by atoms with Crippen LogP contribution in [0.1, 0.15) is 5.56 Å². The molecule has 0 atom stereocenters. The number of amides is 1. The lowest BCUT2D eigenvalue weighted by atomic mass is 10.2. The summed E-state index contributed by atoms with van der Waals surface area (Å²) in [5, 5.41) is 2.74. The van der Waals surface area contributed by atoms with Gasteiger partial charge >= 0.3 is 0 Å². The van der Waals surface area contributed by atoms with E-state index in [2.05, 4.69) is 23.1 Å². The van der Waals surface area contributed by atoms with Crippen molar-refractivity contribution < 1.29 is 4.79 Å². The Morgan fingerprint density at radius 1 is 1.50 bits per heavy atom. The van der Waals surface area contributed by atoms with Gasteiger partial charge in [0, 0.05) is 5.69 Å². The van der Waals surface area contributed by atoms with E-state index >= 15 is 0 Å². The Kier molecular flexibility index (Phi) is 4.10. The lowest BCUT2D eigenvalue weighted by molar-refractivity contribution is -0.115. The number of rotatable bonds is 4. The number of hydrogen-bond acceptors (Lipinski definition) is 3. The zero-order valence-electron chi connectivity index (χ0n) is 8.13. The molecule has 1 amide bonds. The lowest BCUT2D eigenvalue weighted by Crippen LogP contribution is -2.35. The second-order valence-electron chi connectivity index (χ2n) is 2.85. The molecule has 0 heterocycles. The van der Waals surface area contributed by atoms with Crippen LogP contribution in [0.15, 0.2) is 24.3 Å². The van der Waals surface area contributed by atoms with Gasteiger partial charge in [0.15, 0.2) is 0 Å². The number of hydrazine groups is 1. The summed E-state index contributed by atoms with van der Waals surface area (Å²) < 4.78 is 0. The smallest absolute Gasteiger partial charge is 0.239 e. The van der Waals surface area contributed by atoms with Crippen LogP contribution in [0.25, 0.3) is 0 Å². The molecule has 0 unspecified atom stereocenters. The van der Waals surface area contributed by atoms with Crippen LogP contribution in [0.5, 0.6) is 0 Å². The van der Waals surface area contributed by atoms with Crippen LogP contribution in [-0.4, -0.2) is 19.5 Å². The standard InChI is InChI=1S/C10H14N3O/c1-8-4-3-5-9(6-8)13-10(14)7-12-11-2/h3-6,11-12H,1,7H2,2H3,(H,13,14). The Morgan fingerprint density at radius 2 is 2.29 bits per heavy atom. The minimum Gasteiger partial charge on any atom is -0.325 e. The van der Waals surface area contributed by atoms with Crippen molar-refractivity contribution in [3.8, 4) is 0 Å². The van der Waals surface area contributed by atoms with Crippen LogP contribution >= 0.6 is 0 Å². The molecular weight excluding hydrogens is 178 g/mol. The molecule has 14 heavy (non-hydrogen) atoms. The molecule has 75 valence electrons. The summed E-state index contributed by atoms with van der Waals surface area (Å²) >= 11 is 0. The zero-order valence-corrected chi connectivity index (χ0v) is 8.13. The molecule has 0 aliphatic heterocycles. The molecule has 0 aliphatic rings. The van der Waals surface area contributed by atoms with Crippen molar-refractivity contribution in [1.29, 1.82) is 0 Å². The van der Waals surface area contributed by atoms with E-state index in [1.165, 1.54) is 0 Å². The van der Waals surface area contributed by atoms with Gasteiger partial charge in [-0.2, -0.15) is 0 Å². The first-order chi connectivity index (χ1) is 6.72. The van der Waals surface area contributed by atoms with Crippen LogP contribution in [0.3, 0.4) is 0 Å². The first kappa shape index (κ1) is 10.7. The monoisotopic (exact) mass is 192 g/mol. The van der Waals surface area contributed by atoms with Crippen LogP contribution in [-0.2, 0) is 4.79 Å². The average molecular weight is 192 g/mol. The first-order valence-electron chi connectivity index (χ1n) is 4.34. The summed E-state index contributed by atoms with van der Waals surface area (Å²) in [5.74, 6) is -0.0926. The van der Waals surface area contributed by atoms with E-state index in [1.54, 1.807) is 7.05 Å². The Balaban J connectivity index is 2.47. The van der Waals surface area contributed by atoms with Gasteiger partial charge in [-0.25, -0.2) is 5.43 Å². The molecular formula is C10H14N3O. The molecule has 4 heteroatoms. The van der Waals surface area contributed by atoms with Crippen LogP contribution < -0.4 is 16.2 Å². The van der Waals surface area contributed by atoms with Crippen LogP contribution in [0, 0.1) is 6.92 Å². The van der Waals surface area contributed by atoms with E-state index in [0.717, 1.165) is 11.3 Å². The Hall–Kier alpha value is -1.39. The molecule has 0 aromatic heterocycles. The maximum atomic E-state index is 11.2. The molecule has 0 bridgehead atoms. The number of carbonyl (C=O) groups is 1. The molecule has 4 nitrogen and oxygen atoms in total. The normalized spacial score (nSPS) is 9.86. The SMILES string of the molecule is [CH2]c1cccc(NC(=O)CNNC)c1. The third kappa shape index (κ3) is 3.55. The first-order valence-corrected chi connectivity index (χ1v) is 4.34. The number of benzene rings is 1. The van der Waals surface area contributed by atoms with Gasteiger partial charge < -0.3 is 5.32 Å². The molecule has 0 saturated heterocycles. The Labute approximate surface area is 83.7 Å². The maximum Gasteiger partial charge on any atom is 0.239 e. The van der Waals surface area contributed by atoms with Crippen molar-refractivity contribution in [3.05, 3.63) is 36.8 Å². The van der Waals surface area contributed by atoms with Gasteiger partial charge in [0.05, 0.1) is 6.54 Å². The van der Waals surface area contributed by atoms with Gasteiger partial charge in [0.2, 0.25) is 5.91 Å².